The van der Waals surface area contributed by atoms with Crippen LogP contribution in [-0.2, 0) is 18.3 Å². The Labute approximate surface area is 95.6 Å². The Morgan fingerprint density at radius 1 is 1.67 bits per heavy atom. The number of rotatable bonds is 6. The minimum atomic E-state index is 0.187. The van der Waals surface area contributed by atoms with Crippen LogP contribution in [0.5, 0.6) is 0 Å². The molecule has 0 aliphatic heterocycles. The average molecular weight is 232 g/mol. The van der Waals surface area contributed by atoms with Crippen LogP contribution in [0, 0.1) is 6.92 Å². The zero-order valence-electron chi connectivity index (χ0n) is 9.46. The highest BCUT2D eigenvalue weighted by molar-refractivity contribution is 6.18. The van der Waals surface area contributed by atoms with E-state index in [1.807, 2.05) is 18.7 Å². The van der Waals surface area contributed by atoms with Crippen molar-refractivity contribution in [3.63, 3.8) is 0 Å². The van der Waals surface area contributed by atoms with Crippen LogP contribution in [0.25, 0.3) is 0 Å². The number of nitrogens with zero attached hydrogens (tertiary/aromatic N) is 2. The first-order chi connectivity index (χ1) is 7.17. The molecule has 1 atom stereocenters. The van der Waals surface area contributed by atoms with Crippen LogP contribution in [0.3, 0.4) is 0 Å². The van der Waals surface area contributed by atoms with Crippen LogP contribution in [0.2, 0.25) is 0 Å². The lowest BCUT2D eigenvalue weighted by Gasteiger charge is -2.14. The van der Waals surface area contributed by atoms with Crippen LogP contribution in [0.15, 0.2) is 6.07 Å². The summed E-state index contributed by atoms with van der Waals surface area (Å²) >= 11 is 5.79. The van der Waals surface area contributed by atoms with Gasteiger partial charge in [-0.1, -0.05) is 0 Å². The van der Waals surface area contributed by atoms with Crippen LogP contribution >= 0.6 is 11.6 Å². The molecule has 1 aromatic rings. The lowest BCUT2D eigenvalue weighted by atomic mass is 10.3. The number of hydrogen-bond donors (Lipinski definition) is 1. The van der Waals surface area contributed by atoms with Crippen molar-refractivity contribution in [1.82, 2.24) is 15.1 Å². The summed E-state index contributed by atoms with van der Waals surface area (Å²) in [6.45, 7) is 3.37. The van der Waals surface area contributed by atoms with Crippen molar-refractivity contribution in [3.8, 4) is 0 Å². The van der Waals surface area contributed by atoms with Gasteiger partial charge in [0.2, 0.25) is 0 Å². The molecular weight excluding hydrogens is 214 g/mol. The average Bonchev–Trinajstić information content (AvgIpc) is 2.52. The van der Waals surface area contributed by atoms with Gasteiger partial charge in [-0.25, -0.2) is 0 Å². The number of halogens is 1. The third kappa shape index (κ3) is 3.81. The first kappa shape index (κ1) is 12.5. The molecule has 5 heteroatoms. The SMILES string of the molecule is COCC(CCl)NCc1cc(C)nn1C. The largest absolute Gasteiger partial charge is 0.383 e. The van der Waals surface area contributed by atoms with E-state index in [0.717, 1.165) is 17.9 Å². The summed E-state index contributed by atoms with van der Waals surface area (Å²) in [6.07, 6.45) is 0. The topological polar surface area (TPSA) is 39.1 Å². The quantitative estimate of drug-likeness (QED) is 0.745. The van der Waals surface area contributed by atoms with Crippen molar-refractivity contribution < 1.29 is 4.74 Å². The summed E-state index contributed by atoms with van der Waals surface area (Å²) in [6, 6.07) is 2.25. The minimum absolute atomic E-state index is 0.187. The molecule has 0 aliphatic carbocycles. The molecular formula is C10H18ClN3O. The molecule has 1 unspecified atom stereocenters. The van der Waals surface area contributed by atoms with Crippen molar-refractivity contribution >= 4 is 11.6 Å². The second-order valence-corrected chi connectivity index (χ2v) is 3.90. The maximum atomic E-state index is 5.79. The van der Waals surface area contributed by atoms with Crippen LogP contribution in [0.1, 0.15) is 11.4 Å². The molecule has 4 nitrogen and oxygen atoms in total. The molecule has 1 heterocycles. The molecule has 1 aromatic heterocycles. The maximum absolute atomic E-state index is 5.79. The smallest absolute Gasteiger partial charge is 0.0627 e. The zero-order valence-corrected chi connectivity index (χ0v) is 10.2. The van der Waals surface area contributed by atoms with Crippen LogP contribution < -0.4 is 5.32 Å². The van der Waals surface area contributed by atoms with Gasteiger partial charge in [-0.3, -0.25) is 4.68 Å². The number of methoxy groups -OCH3 is 1. The fourth-order valence-corrected chi connectivity index (χ4v) is 1.64. The molecule has 0 radical (unpaired) electrons. The molecule has 1 N–H and O–H groups in total. The van der Waals surface area contributed by atoms with Crippen molar-refractivity contribution in [2.24, 2.45) is 7.05 Å². The van der Waals surface area contributed by atoms with E-state index in [4.69, 9.17) is 16.3 Å². The number of aromatic nitrogens is 2. The zero-order chi connectivity index (χ0) is 11.3. The third-order valence-corrected chi connectivity index (χ3v) is 2.60. The summed E-state index contributed by atoms with van der Waals surface area (Å²) < 4.78 is 6.92. The number of nitrogens with one attached hydrogen (secondary N) is 1. The molecule has 0 aromatic carbocycles. The second-order valence-electron chi connectivity index (χ2n) is 3.59. The van der Waals surface area contributed by atoms with Gasteiger partial charge in [0.15, 0.2) is 0 Å². The first-order valence-electron chi connectivity index (χ1n) is 4.95. The fourth-order valence-electron chi connectivity index (χ4n) is 1.44. The maximum Gasteiger partial charge on any atom is 0.0627 e. The van der Waals surface area contributed by atoms with Gasteiger partial charge in [0.05, 0.1) is 18.0 Å². The van der Waals surface area contributed by atoms with E-state index in [0.29, 0.717) is 12.5 Å². The number of ether oxygens (including phenoxy) is 1. The van der Waals surface area contributed by atoms with Gasteiger partial charge in [0, 0.05) is 32.6 Å². The van der Waals surface area contributed by atoms with Crippen molar-refractivity contribution in [3.05, 3.63) is 17.5 Å². The Morgan fingerprint density at radius 2 is 2.40 bits per heavy atom. The minimum Gasteiger partial charge on any atom is -0.383 e. The summed E-state index contributed by atoms with van der Waals surface area (Å²) in [4.78, 5) is 0. The van der Waals surface area contributed by atoms with Gasteiger partial charge in [0.25, 0.3) is 0 Å². The Balaban J connectivity index is 2.44. The van der Waals surface area contributed by atoms with E-state index in [1.54, 1.807) is 7.11 Å². The fraction of sp³-hybridized carbons (Fsp3) is 0.700. The first-order valence-corrected chi connectivity index (χ1v) is 5.48. The predicted molar refractivity (Wildman–Crippen MR) is 61.2 cm³/mol. The normalized spacial score (nSPS) is 13.1. The highest BCUT2D eigenvalue weighted by Crippen LogP contribution is 2.02. The van der Waals surface area contributed by atoms with E-state index in [2.05, 4.69) is 16.5 Å². The predicted octanol–water partition coefficient (Wildman–Crippen LogP) is 1.07. The van der Waals surface area contributed by atoms with Crippen molar-refractivity contribution in [2.75, 3.05) is 19.6 Å². The summed E-state index contributed by atoms with van der Waals surface area (Å²) in [5.74, 6) is 0.546. The van der Waals surface area contributed by atoms with Crippen LogP contribution in [-0.4, -0.2) is 35.4 Å². The lowest BCUT2D eigenvalue weighted by molar-refractivity contribution is 0.172. The van der Waals surface area contributed by atoms with E-state index < -0.39 is 0 Å². The Kier molecular flexibility index (Phi) is 5.08. The molecule has 0 spiro atoms. The van der Waals surface area contributed by atoms with Gasteiger partial charge in [-0.2, -0.15) is 5.10 Å². The molecule has 0 aliphatic rings. The van der Waals surface area contributed by atoms with Gasteiger partial charge < -0.3 is 10.1 Å². The summed E-state index contributed by atoms with van der Waals surface area (Å²) in [5, 5.41) is 7.60. The molecule has 1 rings (SSSR count). The highest BCUT2D eigenvalue weighted by Gasteiger charge is 2.08. The standard InChI is InChI=1S/C10H18ClN3O/c1-8-4-10(14(2)13-8)6-12-9(5-11)7-15-3/h4,9,12H,5-7H2,1-3H3. The number of aryl methyl sites for hydroxylation is 2. The lowest BCUT2D eigenvalue weighted by Crippen LogP contribution is -2.34. The van der Waals surface area contributed by atoms with Gasteiger partial charge in [-0.15, -0.1) is 11.6 Å². The van der Waals surface area contributed by atoms with E-state index in [9.17, 15) is 0 Å². The van der Waals surface area contributed by atoms with E-state index in [-0.39, 0.29) is 6.04 Å². The van der Waals surface area contributed by atoms with E-state index >= 15 is 0 Å². The van der Waals surface area contributed by atoms with Gasteiger partial charge in [-0.05, 0) is 13.0 Å². The molecule has 0 saturated carbocycles. The molecule has 0 bridgehead atoms. The third-order valence-electron chi connectivity index (χ3n) is 2.22. The van der Waals surface area contributed by atoms with E-state index in [1.165, 1.54) is 0 Å². The Hall–Kier alpha value is -0.580. The molecule has 0 fully saturated rings. The van der Waals surface area contributed by atoms with Gasteiger partial charge in [0.1, 0.15) is 0 Å². The number of alkyl halides is 1. The summed E-state index contributed by atoms with van der Waals surface area (Å²) in [5.41, 5.74) is 2.18. The summed E-state index contributed by atoms with van der Waals surface area (Å²) in [7, 11) is 3.62. The van der Waals surface area contributed by atoms with Crippen molar-refractivity contribution in [1.29, 1.82) is 0 Å². The highest BCUT2D eigenvalue weighted by atomic mass is 35.5. The molecule has 86 valence electrons. The monoisotopic (exact) mass is 231 g/mol. The Morgan fingerprint density at radius 3 is 2.87 bits per heavy atom. The van der Waals surface area contributed by atoms with Crippen LogP contribution in [0.4, 0.5) is 0 Å². The van der Waals surface area contributed by atoms with Gasteiger partial charge >= 0.3 is 0 Å². The number of hydrogen-bond acceptors (Lipinski definition) is 3. The molecule has 0 saturated heterocycles. The molecule has 0 amide bonds. The Bertz CT molecular complexity index is 301. The molecule has 15 heavy (non-hydrogen) atoms. The second kappa shape index (κ2) is 6.10. The van der Waals surface area contributed by atoms with Crippen molar-refractivity contribution in [2.45, 2.75) is 19.5 Å².